The second-order valence-corrected chi connectivity index (χ2v) is 2.35. The van der Waals surface area contributed by atoms with E-state index in [1.807, 2.05) is 0 Å². The van der Waals surface area contributed by atoms with E-state index in [2.05, 4.69) is 0 Å². The SMILES string of the molecule is [B]c1c(F)c(F)c(F)c(CN)c1F. The highest BCUT2D eigenvalue weighted by Crippen LogP contribution is 2.16. The number of benzene rings is 1. The van der Waals surface area contributed by atoms with Crippen molar-refractivity contribution < 1.29 is 17.6 Å². The summed E-state index contributed by atoms with van der Waals surface area (Å²) in [5.41, 5.74) is 3.11. The molecule has 2 radical (unpaired) electrons. The van der Waals surface area contributed by atoms with Crippen LogP contribution in [-0.2, 0) is 6.54 Å². The molecule has 2 N–H and O–H groups in total. The van der Waals surface area contributed by atoms with E-state index >= 15 is 0 Å². The topological polar surface area (TPSA) is 26.0 Å². The van der Waals surface area contributed by atoms with Crippen molar-refractivity contribution in [3.8, 4) is 0 Å². The van der Waals surface area contributed by atoms with Gasteiger partial charge in [-0.05, 0) is 5.46 Å². The second kappa shape index (κ2) is 3.37. The van der Waals surface area contributed by atoms with E-state index < -0.39 is 40.8 Å². The Bertz CT molecular complexity index is 324. The van der Waals surface area contributed by atoms with Gasteiger partial charge in [0.05, 0.1) is 0 Å². The zero-order valence-electron chi connectivity index (χ0n) is 6.37. The number of halogens is 4. The third-order valence-corrected chi connectivity index (χ3v) is 1.59. The maximum atomic E-state index is 12.9. The highest BCUT2D eigenvalue weighted by molar-refractivity contribution is 6.32. The summed E-state index contributed by atoms with van der Waals surface area (Å²) in [5.74, 6) is -6.52. The first-order chi connectivity index (χ1) is 6.00. The summed E-state index contributed by atoms with van der Waals surface area (Å²) in [6.45, 7) is -0.584. The lowest BCUT2D eigenvalue weighted by molar-refractivity contribution is 0.431. The molecule has 68 valence electrons. The Morgan fingerprint density at radius 2 is 1.46 bits per heavy atom. The lowest BCUT2D eigenvalue weighted by Crippen LogP contribution is -2.22. The van der Waals surface area contributed by atoms with E-state index in [-0.39, 0.29) is 0 Å². The molecule has 13 heavy (non-hydrogen) atoms. The summed E-state index contributed by atoms with van der Waals surface area (Å²) in [6.07, 6.45) is 0. The first kappa shape index (κ1) is 10.0. The molecule has 1 rings (SSSR count). The van der Waals surface area contributed by atoms with Crippen LogP contribution in [0.3, 0.4) is 0 Å². The Balaban J connectivity index is 3.56. The van der Waals surface area contributed by atoms with Crippen molar-refractivity contribution in [3.63, 3.8) is 0 Å². The van der Waals surface area contributed by atoms with Crippen LogP contribution in [0.15, 0.2) is 0 Å². The van der Waals surface area contributed by atoms with Crippen LogP contribution in [0.4, 0.5) is 17.6 Å². The Morgan fingerprint density at radius 1 is 0.923 bits per heavy atom. The van der Waals surface area contributed by atoms with Gasteiger partial charge < -0.3 is 5.73 Å². The van der Waals surface area contributed by atoms with Gasteiger partial charge in [0, 0.05) is 12.1 Å². The summed E-state index contributed by atoms with van der Waals surface area (Å²) in [4.78, 5) is 0. The van der Waals surface area contributed by atoms with Gasteiger partial charge in [0.1, 0.15) is 13.7 Å². The first-order valence-electron chi connectivity index (χ1n) is 3.31. The predicted molar refractivity (Wildman–Crippen MR) is 39.6 cm³/mol. The Kier molecular flexibility index (Phi) is 2.61. The van der Waals surface area contributed by atoms with Crippen LogP contribution < -0.4 is 11.2 Å². The minimum absolute atomic E-state index is 0.584. The minimum atomic E-state index is -1.81. The van der Waals surface area contributed by atoms with Crippen molar-refractivity contribution in [2.45, 2.75) is 6.54 Å². The monoisotopic (exact) mass is 189 g/mol. The smallest absolute Gasteiger partial charge is 0.194 e. The zero-order valence-corrected chi connectivity index (χ0v) is 6.37. The maximum Gasteiger partial charge on any atom is 0.194 e. The molecule has 1 nitrogen and oxygen atoms in total. The summed E-state index contributed by atoms with van der Waals surface area (Å²) in [5, 5.41) is 0. The first-order valence-corrected chi connectivity index (χ1v) is 3.31. The Morgan fingerprint density at radius 3 is 1.92 bits per heavy atom. The van der Waals surface area contributed by atoms with Gasteiger partial charge in [-0.15, -0.1) is 0 Å². The van der Waals surface area contributed by atoms with Crippen LogP contribution >= 0.6 is 0 Å². The fraction of sp³-hybridized carbons (Fsp3) is 0.143. The molecule has 0 saturated heterocycles. The van der Waals surface area contributed by atoms with Crippen molar-refractivity contribution in [1.82, 2.24) is 0 Å². The molecule has 0 atom stereocenters. The predicted octanol–water partition coefficient (Wildman–Crippen LogP) is 0.496. The zero-order chi connectivity index (χ0) is 10.2. The van der Waals surface area contributed by atoms with Crippen molar-refractivity contribution in [3.05, 3.63) is 28.8 Å². The van der Waals surface area contributed by atoms with Crippen molar-refractivity contribution in [2.75, 3.05) is 0 Å². The number of rotatable bonds is 1. The van der Waals surface area contributed by atoms with Crippen LogP contribution in [0.1, 0.15) is 5.56 Å². The molecule has 0 fully saturated rings. The molecular formula is C7H4BF4N. The fourth-order valence-corrected chi connectivity index (χ4v) is 0.882. The molecule has 6 heteroatoms. The summed E-state index contributed by atoms with van der Waals surface area (Å²) in [7, 11) is 4.82. The van der Waals surface area contributed by atoms with Gasteiger partial charge in [0.2, 0.25) is 0 Å². The molecule has 0 aliphatic carbocycles. The summed E-state index contributed by atoms with van der Waals surface area (Å²) >= 11 is 0. The number of hydrogen-bond donors (Lipinski definition) is 1. The van der Waals surface area contributed by atoms with E-state index in [1.54, 1.807) is 0 Å². The second-order valence-electron chi connectivity index (χ2n) is 2.35. The normalized spacial score (nSPS) is 10.5. The third-order valence-electron chi connectivity index (χ3n) is 1.59. The molecule has 0 spiro atoms. The quantitative estimate of drug-likeness (QED) is 0.296. The molecule has 0 bridgehead atoms. The van der Waals surface area contributed by atoms with Gasteiger partial charge in [-0.2, -0.15) is 0 Å². The van der Waals surface area contributed by atoms with Crippen LogP contribution in [0.2, 0.25) is 0 Å². The standard InChI is InChI=1S/C7H4BF4N/c8-3-4(9)2(1-13)5(10)7(12)6(3)11/h1,13H2. The molecule has 0 aromatic heterocycles. The fourth-order valence-electron chi connectivity index (χ4n) is 0.882. The van der Waals surface area contributed by atoms with E-state index in [0.29, 0.717) is 0 Å². The van der Waals surface area contributed by atoms with Crippen molar-refractivity contribution in [1.29, 1.82) is 0 Å². The number of nitrogens with two attached hydrogens (primary N) is 1. The van der Waals surface area contributed by atoms with Crippen molar-refractivity contribution in [2.24, 2.45) is 5.73 Å². The molecule has 0 amide bonds. The van der Waals surface area contributed by atoms with Crippen LogP contribution in [0.25, 0.3) is 0 Å². The Labute approximate surface area is 73.0 Å². The minimum Gasteiger partial charge on any atom is -0.326 e. The molecule has 0 saturated carbocycles. The van der Waals surface area contributed by atoms with E-state index in [9.17, 15) is 17.6 Å². The highest BCUT2D eigenvalue weighted by Gasteiger charge is 2.21. The molecule has 0 aliphatic heterocycles. The van der Waals surface area contributed by atoms with E-state index in [0.717, 1.165) is 0 Å². The van der Waals surface area contributed by atoms with Gasteiger partial charge in [0.15, 0.2) is 17.5 Å². The average Bonchev–Trinajstić information content (AvgIpc) is 2.13. The lowest BCUT2D eigenvalue weighted by atomic mass is 9.92. The highest BCUT2D eigenvalue weighted by atomic mass is 19.2. The van der Waals surface area contributed by atoms with Gasteiger partial charge in [-0.3, -0.25) is 0 Å². The van der Waals surface area contributed by atoms with Gasteiger partial charge in [0.25, 0.3) is 0 Å². The Hall–Kier alpha value is -1.04. The van der Waals surface area contributed by atoms with Crippen LogP contribution in [-0.4, -0.2) is 7.85 Å². The third kappa shape index (κ3) is 1.41. The molecule has 0 unspecified atom stereocenters. The van der Waals surface area contributed by atoms with Gasteiger partial charge in [-0.25, -0.2) is 17.6 Å². The largest absolute Gasteiger partial charge is 0.326 e. The summed E-state index contributed by atoms with van der Waals surface area (Å²) < 4.78 is 50.7. The molecular weight excluding hydrogens is 185 g/mol. The summed E-state index contributed by atoms with van der Waals surface area (Å²) in [6, 6.07) is 0. The molecule has 1 aromatic carbocycles. The van der Waals surface area contributed by atoms with Gasteiger partial charge >= 0.3 is 0 Å². The average molecular weight is 189 g/mol. The van der Waals surface area contributed by atoms with E-state index in [1.165, 1.54) is 0 Å². The lowest BCUT2D eigenvalue weighted by Gasteiger charge is -2.07. The van der Waals surface area contributed by atoms with Crippen LogP contribution in [0.5, 0.6) is 0 Å². The molecule has 0 aliphatic rings. The van der Waals surface area contributed by atoms with E-state index in [4.69, 9.17) is 13.6 Å². The number of hydrogen-bond acceptors (Lipinski definition) is 1. The molecule has 0 heterocycles. The molecule has 1 aromatic rings. The van der Waals surface area contributed by atoms with Crippen LogP contribution in [0, 0.1) is 23.3 Å². The maximum absolute atomic E-state index is 12.9. The van der Waals surface area contributed by atoms with Crippen molar-refractivity contribution >= 4 is 13.3 Å². The van der Waals surface area contributed by atoms with Gasteiger partial charge in [-0.1, -0.05) is 0 Å².